The highest BCUT2D eigenvalue weighted by Crippen LogP contribution is 2.44. The van der Waals surface area contributed by atoms with E-state index in [9.17, 15) is 9.59 Å². The number of nitrogens with zero attached hydrogens (tertiary/aromatic N) is 1. The molecule has 31 heavy (non-hydrogen) atoms. The van der Waals surface area contributed by atoms with E-state index in [4.69, 9.17) is 4.84 Å². The van der Waals surface area contributed by atoms with Crippen LogP contribution in [0.25, 0.3) is 44.3 Å². The molecule has 1 heterocycles. The summed E-state index contributed by atoms with van der Waals surface area (Å²) in [4.78, 5) is 31.7. The maximum Gasteiger partial charge on any atom is 0.292 e. The molecule has 150 valence electrons. The van der Waals surface area contributed by atoms with Crippen molar-refractivity contribution < 1.29 is 9.63 Å². The minimum absolute atomic E-state index is 0.291. The molecule has 0 amide bonds. The summed E-state index contributed by atoms with van der Waals surface area (Å²) in [6, 6.07) is 28.8. The summed E-state index contributed by atoms with van der Waals surface area (Å²) < 4.78 is 1.33. The molecule has 0 N–H and O–H groups in total. The molecule has 2 aliphatic carbocycles. The molecule has 0 saturated carbocycles. The standard InChI is InChI=1S/C27H19NO3/c1-31-28-26(19-13-7-3-8-14-19)23(18-11-5-2-6-12-18)24-22(17-29)20-15-9-4-10-16-21(20)25(24)27(28)30/h2-17H,1H3. The fraction of sp³-hybridized carbons (Fsp3) is 0.0370. The quantitative estimate of drug-likeness (QED) is 0.381. The minimum atomic E-state index is -0.291. The Morgan fingerprint density at radius 3 is 1.84 bits per heavy atom. The highest BCUT2D eigenvalue weighted by atomic mass is 16.6. The Balaban J connectivity index is 2.12. The van der Waals surface area contributed by atoms with Crippen molar-refractivity contribution >= 4 is 17.1 Å². The molecule has 2 aliphatic rings. The van der Waals surface area contributed by atoms with Gasteiger partial charge in [-0.25, -0.2) is 0 Å². The van der Waals surface area contributed by atoms with Crippen LogP contribution in [-0.4, -0.2) is 18.1 Å². The Bertz CT molecular complexity index is 1440. The van der Waals surface area contributed by atoms with Crippen molar-refractivity contribution in [1.29, 1.82) is 0 Å². The molecule has 2 aromatic carbocycles. The lowest BCUT2D eigenvalue weighted by atomic mass is 9.94. The lowest BCUT2D eigenvalue weighted by molar-refractivity contribution is 0.112. The average molecular weight is 405 g/mol. The van der Waals surface area contributed by atoms with Crippen molar-refractivity contribution in [3.05, 3.63) is 107 Å². The van der Waals surface area contributed by atoms with Crippen LogP contribution in [0, 0.1) is 0 Å². The third kappa shape index (κ3) is 2.84. The van der Waals surface area contributed by atoms with Crippen LogP contribution in [0.1, 0.15) is 10.4 Å². The fourth-order valence-corrected chi connectivity index (χ4v) is 4.35. The molecule has 0 atom stereocenters. The van der Waals surface area contributed by atoms with Gasteiger partial charge in [0, 0.05) is 22.1 Å². The third-order valence-electron chi connectivity index (χ3n) is 5.62. The molecule has 3 aromatic rings. The zero-order valence-electron chi connectivity index (χ0n) is 16.9. The van der Waals surface area contributed by atoms with Crippen LogP contribution in [0.15, 0.2) is 95.8 Å². The molecule has 0 bridgehead atoms. The topological polar surface area (TPSA) is 48.3 Å². The molecular weight excluding hydrogens is 386 g/mol. The molecule has 4 heteroatoms. The zero-order valence-corrected chi connectivity index (χ0v) is 16.9. The van der Waals surface area contributed by atoms with Gasteiger partial charge in [0.15, 0.2) is 6.29 Å². The SMILES string of the molecule is COn1c(-c2ccccc2)c(-c2ccccc2)c2c(C=O)c3cccccc-3c2c1=O. The summed E-state index contributed by atoms with van der Waals surface area (Å²) in [6.07, 6.45) is 0.850. The van der Waals surface area contributed by atoms with E-state index in [0.29, 0.717) is 22.0 Å². The Labute approximate surface area is 179 Å². The van der Waals surface area contributed by atoms with Crippen molar-refractivity contribution in [2.75, 3.05) is 7.11 Å². The number of aromatic nitrogens is 1. The van der Waals surface area contributed by atoms with Gasteiger partial charge in [-0.3, -0.25) is 9.59 Å². The first-order chi connectivity index (χ1) is 15.3. The van der Waals surface area contributed by atoms with E-state index in [1.807, 2.05) is 91.0 Å². The van der Waals surface area contributed by atoms with Gasteiger partial charge in [0.2, 0.25) is 0 Å². The van der Waals surface area contributed by atoms with E-state index in [-0.39, 0.29) is 5.56 Å². The van der Waals surface area contributed by atoms with Gasteiger partial charge in [0.1, 0.15) is 7.11 Å². The van der Waals surface area contributed by atoms with Crippen molar-refractivity contribution in [2.24, 2.45) is 0 Å². The molecule has 4 nitrogen and oxygen atoms in total. The van der Waals surface area contributed by atoms with E-state index < -0.39 is 0 Å². The molecule has 1 aromatic heterocycles. The van der Waals surface area contributed by atoms with E-state index >= 15 is 0 Å². The van der Waals surface area contributed by atoms with E-state index in [1.54, 1.807) is 0 Å². The lowest BCUT2D eigenvalue weighted by Crippen LogP contribution is -2.27. The third-order valence-corrected chi connectivity index (χ3v) is 5.62. The van der Waals surface area contributed by atoms with Crippen LogP contribution >= 0.6 is 0 Å². The first kappa shape index (κ1) is 18.8. The van der Waals surface area contributed by atoms with Gasteiger partial charge in [0.05, 0.1) is 11.1 Å². The van der Waals surface area contributed by atoms with Gasteiger partial charge in [-0.2, -0.15) is 0 Å². The summed E-state index contributed by atoms with van der Waals surface area (Å²) >= 11 is 0. The first-order valence-corrected chi connectivity index (χ1v) is 10.00. The molecular formula is C27H19NO3. The summed E-state index contributed by atoms with van der Waals surface area (Å²) in [5.74, 6) is 0. The monoisotopic (exact) mass is 405 g/mol. The van der Waals surface area contributed by atoms with Crippen LogP contribution in [0.3, 0.4) is 0 Å². The second-order valence-corrected chi connectivity index (χ2v) is 7.26. The highest BCUT2D eigenvalue weighted by Gasteiger charge is 2.28. The predicted molar refractivity (Wildman–Crippen MR) is 124 cm³/mol. The summed E-state index contributed by atoms with van der Waals surface area (Å²) in [5, 5.41) is 1.13. The fourth-order valence-electron chi connectivity index (χ4n) is 4.35. The van der Waals surface area contributed by atoms with Crippen LogP contribution in [0.4, 0.5) is 0 Å². The van der Waals surface area contributed by atoms with Crippen LogP contribution in [-0.2, 0) is 0 Å². The van der Waals surface area contributed by atoms with Crippen molar-refractivity contribution in [1.82, 2.24) is 4.73 Å². The van der Waals surface area contributed by atoms with Gasteiger partial charge >= 0.3 is 0 Å². The second-order valence-electron chi connectivity index (χ2n) is 7.26. The molecule has 0 aliphatic heterocycles. The maximum atomic E-state index is 13.7. The van der Waals surface area contributed by atoms with E-state index in [2.05, 4.69) is 0 Å². The number of benzene rings is 2. The Morgan fingerprint density at radius 2 is 1.26 bits per heavy atom. The Kier molecular flexibility index (Phi) is 4.60. The molecule has 0 fully saturated rings. The van der Waals surface area contributed by atoms with Crippen LogP contribution in [0.2, 0.25) is 0 Å². The van der Waals surface area contributed by atoms with E-state index in [1.165, 1.54) is 11.8 Å². The maximum absolute atomic E-state index is 13.7. The number of rotatable bonds is 4. The number of carbonyl (C=O) groups is 1. The van der Waals surface area contributed by atoms with Gasteiger partial charge in [0.25, 0.3) is 5.56 Å². The summed E-state index contributed by atoms with van der Waals surface area (Å²) in [7, 11) is 1.49. The number of hydrogen-bond acceptors (Lipinski definition) is 3. The van der Waals surface area contributed by atoms with Crippen LogP contribution in [0.5, 0.6) is 0 Å². The molecule has 0 unspecified atom stereocenters. The molecule has 0 saturated heterocycles. The number of aldehydes is 1. The van der Waals surface area contributed by atoms with Crippen molar-refractivity contribution in [2.45, 2.75) is 0 Å². The molecule has 0 spiro atoms. The highest BCUT2D eigenvalue weighted by molar-refractivity contribution is 6.20. The van der Waals surface area contributed by atoms with Gasteiger partial charge in [-0.1, -0.05) is 91.0 Å². The van der Waals surface area contributed by atoms with Crippen molar-refractivity contribution in [3.8, 4) is 33.5 Å². The number of fused-ring (bicyclic) bond motifs is 3. The minimum Gasteiger partial charge on any atom is -0.413 e. The largest absolute Gasteiger partial charge is 0.413 e. The van der Waals surface area contributed by atoms with Crippen LogP contribution < -0.4 is 10.4 Å². The predicted octanol–water partition coefficient (Wildman–Crippen LogP) is 5.31. The number of pyridine rings is 1. The number of carbonyl (C=O) groups excluding carboxylic acids is 1. The zero-order chi connectivity index (χ0) is 21.4. The first-order valence-electron chi connectivity index (χ1n) is 10.00. The second kappa shape index (κ2) is 7.58. The smallest absolute Gasteiger partial charge is 0.292 e. The number of hydrogen-bond donors (Lipinski definition) is 0. The Hall–Kier alpha value is -4.18. The van der Waals surface area contributed by atoms with Gasteiger partial charge in [-0.15, -0.1) is 4.73 Å². The Morgan fingerprint density at radius 1 is 0.710 bits per heavy atom. The average Bonchev–Trinajstić information content (AvgIpc) is 2.95. The lowest BCUT2D eigenvalue weighted by Gasteiger charge is -2.18. The molecule has 5 rings (SSSR count). The van der Waals surface area contributed by atoms with Gasteiger partial charge < -0.3 is 4.84 Å². The normalized spacial score (nSPS) is 11.0. The molecule has 0 radical (unpaired) electrons. The van der Waals surface area contributed by atoms with Crippen molar-refractivity contribution in [3.63, 3.8) is 0 Å². The van der Waals surface area contributed by atoms with Gasteiger partial charge in [-0.05, 0) is 16.7 Å². The summed E-state index contributed by atoms with van der Waals surface area (Å²) in [5.41, 5.74) is 4.85. The van der Waals surface area contributed by atoms with E-state index in [0.717, 1.165) is 34.1 Å². The summed E-state index contributed by atoms with van der Waals surface area (Å²) in [6.45, 7) is 0.